The largest absolute Gasteiger partial charge is 0.309 e. The molecule has 0 amide bonds. The first-order valence-electron chi connectivity index (χ1n) is 7.22. The lowest BCUT2D eigenvalue weighted by atomic mass is 9.91. The number of hydrogen-bond acceptors (Lipinski definition) is 2. The molecule has 1 N–H and O–H groups in total. The summed E-state index contributed by atoms with van der Waals surface area (Å²) in [4.78, 5) is 4.43. The van der Waals surface area contributed by atoms with Crippen molar-refractivity contribution < 1.29 is 4.39 Å². The van der Waals surface area contributed by atoms with E-state index in [4.69, 9.17) is 0 Å². The molecule has 2 unspecified atom stereocenters. The van der Waals surface area contributed by atoms with Crippen molar-refractivity contribution >= 4 is 15.9 Å². The zero-order valence-corrected chi connectivity index (χ0v) is 13.9. The highest BCUT2D eigenvalue weighted by Crippen LogP contribution is 2.31. The van der Waals surface area contributed by atoms with Crippen LogP contribution in [0.2, 0.25) is 0 Å². The Morgan fingerprint density at radius 1 is 1.29 bits per heavy atom. The summed E-state index contributed by atoms with van der Waals surface area (Å²) in [6.07, 6.45) is 2.83. The van der Waals surface area contributed by atoms with Gasteiger partial charge in [-0.2, -0.15) is 0 Å². The summed E-state index contributed by atoms with van der Waals surface area (Å²) in [6.45, 7) is 5.13. The van der Waals surface area contributed by atoms with Gasteiger partial charge in [0.15, 0.2) is 0 Å². The van der Waals surface area contributed by atoms with E-state index in [9.17, 15) is 4.39 Å². The third kappa shape index (κ3) is 4.35. The van der Waals surface area contributed by atoms with Crippen LogP contribution in [0.3, 0.4) is 0 Å². The zero-order valence-electron chi connectivity index (χ0n) is 12.3. The molecule has 0 saturated carbocycles. The molecule has 2 rings (SSSR count). The number of nitrogens with one attached hydrogen (secondary N) is 1. The molecule has 0 bridgehead atoms. The van der Waals surface area contributed by atoms with Crippen LogP contribution < -0.4 is 5.32 Å². The van der Waals surface area contributed by atoms with Crippen LogP contribution in [-0.4, -0.2) is 11.5 Å². The first-order valence-corrected chi connectivity index (χ1v) is 8.01. The van der Waals surface area contributed by atoms with Crippen LogP contribution in [0.4, 0.5) is 4.39 Å². The molecule has 2 aromatic rings. The van der Waals surface area contributed by atoms with E-state index in [1.165, 1.54) is 6.07 Å². The third-order valence-corrected chi connectivity index (χ3v) is 3.97. The summed E-state index contributed by atoms with van der Waals surface area (Å²) >= 11 is 3.37. The Morgan fingerprint density at radius 2 is 2.10 bits per heavy atom. The van der Waals surface area contributed by atoms with Crippen molar-refractivity contribution in [2.75, 3.05) is 6.54 Å². The van der Waals surface area contributed by atoms with E-state index in [1.807, 2.05) is 24.3 Å². The molecule has 0 aliphatic rings. The van der Waals surface area contributed by atoms with Crippen molar-refractivity contribution in [3.8, 4) is 0 Å². The Bertz CT molecular complexity index is 554. The van der Waals surface area contributed by atoms with Gasteiger partial charge < -0.3 is 5.32 Å². The molecule has 0 saturated heterocycles. The standard InChI is InChI=1S/C17H20BrFN2/c1-3-7-21-17(12(2)16-6-4-5-8-20-16)13-9-14(18)11-15(19)10-13/h4-6,8-12,17,21H,3,7H2,1-2H3. The maximum atomic E-state index is 13.7. The van der Waals surface area contributed by atoms with Crippen LogP contribution in [0.25, 0.3) is 0 Å². The van der Waals surface area contributed by atoms with Gasteiger partial charge in [0.1, 0.15) is 5.82 Å². The highest BCUT2D eigenvalue weighted by Gasteiger charge is 2.22. The molecule has 0 spiro atoms. The van der Waals surface area contributed by atoms with Crippen molar-refractivity contribution in [2.45, 2.75) is 32.2 Å². The third-order valence-electron chi connectivity index (χ3n) is 3.51. The van der Waals surface area contributed by atoms with Crippen LogP contribution in [0.5, 0.6) is 0 Å². The molecule has 1 aromatic heterocycles. The summed E-state index contributed by atoms with van der Waals surface area (Å²) in [5.74, 6) is -0.0673. The quantitative estimate of drug-likeness (QED) is 0.807. The SMILES string of the molecule is CCCNC(c1cc(F)cc(Br)c1)C(C)c1ccccn1. The van der Waals surface area contributed by atoms with E-state index in [2.05, 4.69) is 40.1 Å². The van der Waals surface area contributed by atoms with Crippen molar-refractivity contribution in [1.82, 2.24) is 10.3 Å². The fraction of sp³-hybridized carbons (Fsp3) is 0.353. The van der Waals surface area contributed by atoms with Crippen LogP contribution in [-0.2, 0) is 0 Å². The van der Waals surface area contributed by atoms with Gasteiger partial charge in [-0.05, 0) is 48.9 Å². The number of rotatable bonds is 6. The van der Waals surface area contributed by atoms with Crippen molar-refractivity contribution in [1.29, 1.82) is 0 Å². The first-order chi connectivity index (χ1) is 10.1. The van der Waals surface area contributed by atoms with Gasteiger partial charge >= 0.3 is 0 Å². The van der Waals surface area contributed by atoms with Crippen LogP contribution in [0.1, 0.15) is 43.5 Å². The number of nitrogens with zero attached hydrogens (tertiary/aromatic N) is 1. The summed E-state index contributed by atoms with van der Waals surface area (Å²) < 4.78 is 14.5. The fourth-order valence-electron chi connectivity index (χ4n) is 2.45. The van der Waals surface area contributed by atoms with E-state index in [0.29, 0.717) is 0 Å². The molecular formula is C17H20BrFN2. The number of benzene rings is 1. The zero-order chi connectivity index (χ0) is 15.2. The molecule has 0 aliphatic heterocycles. The predicted octanol–water partition coefficient (Wildman–Crippen LogP) is 4.83. The molecule has 4 heteroatoms. The van der Waals surface area contributed by atoms with E-state index < -0.39 is 0 Å². The van der Waals surface area contributed by atoms with Gasteiger partial charge in [-0.15, -0.1) is 0 Å². The Labute approximate surface area is 133 Å². The molecule has 0 fully saturated rings. The molecule has 2 nitrogen and oxygen atoms in total. The average Bonchev–Trinajstić information content (AvgIpc) is 2.47. The van der Waals surface area contributed by atoms with E-state index >= 15 is 0 Å². The minimum absolute atomic E-state index is 0.0341. The lowest BCUT2D eigenvalue weighted by Crippen LogP contribution is -2.27. The minimum atomic E-state index is -0.226. The Morgan fingerprint density at radius 3 is 2.71 bits per heavy atom. The summed E-state index contributed by atoms with van der Waals surface area (Å²) in [5.41, 5.74) is 1.94. The summed E-state index contributed by atoms with van der Waals surface area (Å²) in [7, 11) is 0. The normalized spacial score (nSPS) is 13.9. The molecule has 112 valence electrons. The molecule has 1 heterocycles. The molecule has 0 aliphatic carbocycles. The summed E-state index contributed by atoms with van der Waals surface area (Å²) in [6, 6.07) is 11.0. The Kier molecular flexibility index (Phi) is 5.88. The van der Waals surface area contributed by atoms with E-state index in [0.717, 1.165) is 28.7 Å². The Balaban J connectivity index is 2.33. The van der Waals surface area contributed by atoms with Gasteiger partial charge in [-0.3, -0.25) is 4.98 Å². The molecular weight excluding hydrogens is 331 g/mol. The van der Waals surface area contributed by atoms with Gasteiger partial charge in [0.25, 0.3) is 0 Å². The van der Waals surface area contributed by atoms with E-state index in [1.54, 1.807) is 12.3 Å². The second kappa shape index (κ2) is 7.66. The highest BCUT2D eigenvalue weighted by molar-refractivity contribution is 9.10. The number of halogens is 2. The summed E-state index contributed by atoms with van der Waals surface area (Å²) in [5, 5.41) is 3.51. The maximum Gasteiger partial charge on any atom is 0.124 e. The smallest absolute Gasteiger partial charge is 0.124 e. The van der Waals surface area contributed by atoms with Gasteiger partial charge in [0.05, 0.1) is 0 Å². The second-order valence-corrected chi connectivity index (χ2v) is 6.09. The number of hydrogen-bond donors (Lipinski definition) is 1. The maximum absolute atomic E-state index is 13.7. The fourth-order valence-corrected chi connectivity index (χ4v) is 2.94. The van der Waals surface area contributed by atoms with Gasteiger partial charge in [0, 0.05) is 28.3 Å². The van der Waals surface area contributed by atoms with Gasteiger partial charge in [0.2, 0.25) is 0 Å². The molecule has 0 radical (unpaired) electrons. The van der Waals surface area contributed by atoms with Crippen LogP contribution in [0, 0.1) is 5.82 Å². The lowest BCUT2D eigenvalue weighted by Gasteiger charge is -2.25. The first kappa shape index (κ1) is 16.1. The van der Waals surface area contributed by atoms with Crippen molar-refractivity contribution in [3.05, 3.63) is 64.1 Å². The van der Waals surface area contributed by atoms with E-state index in [-0.39, 0.29) is 17.8 Å². The average molecular weight is 351 g/mol. The van der Waals surface area contributed by atoms with Crippen molar-refractivity contribution in [3.63, 3.8) is 0 Å². The van der Waals surface area contributed by atoms with Crippen molar-refractivity contribution in [2.24, 2.45) is 0 Å². The minimum Gasteiger partial charge on any atom is -0.309 e. The van der Waals surface area contributed by atoms with Gasteiger partial charge in [-0.25, -0.2) is 4.39 Å². The predicted molar refractivity (Wildman–Crippen MR) is 87.8 cm³/mol. The number of pyridine rings is 1. The van der Waals surface area contributed by atoms with Crippen LogP contribution >= 0.6 is 15.9 Å². The molecule has 2 atom stereocenters. The van der Waals surface area contributed by atoms with Gasteiger partial charge in [-0.1, -0.05) is 35.8 Å². The number of aromatic nitrogens is 1. The second-order valence-electron chi connectivity index (χ2n) is 5.18. The monoisotopic (exact) mass is 350 g/mol. The molecule has 21 heavy (non-hydrogen) atoms. The lowest BCUT2D eigenvalue weighted by molar-refractivity contribution is 0.457. The van der Waals surface area contributed by atoms with Crippen LogP contribution in [0.15, 0.2) is 47.1 Å². The highest BCUT2D eigenvalue weighted by atomic mass is 79.9. The topological polar surface area (TPSA) is 24.9 Å². The molecule has 1 aromatic carbocycles. The Hall–Kier alpha value is -1.26.